The summed E-state index contributed by atoms with van der Waals surface area (Å²) in [7, 11) is 0. The molecule has 1 aromatic heterocycles. The van der Waals surface area contributed by atoms with E-state index in [2.05, 4.69) is 5.10 Å². The van der Waals surface area contributed by atoms with E-state index in [-0.39, 0.29) is 27.9 Å². The van der Waals surface area contributed by atoms with Crippen molar-refractivity contribution in [2.75, 3.05) is 6.61 Å². The molecule has 0 bridgehead atoms. The Kier molecular flexibility index (Phi) is 4.91. The molecule has 0 saturated heterocycles. The van der Waals surface area contributed by atoms with E-state index in [0.717, 1.165) is 16.8 Å². The lowest BCUT2D eigenvalue weighted by Crippen LogP contribution is -2.07. The van der Waals surface area contributed by atoms with Crippen molar-refractivity contribution in [2.24, 2.45) is 0 Å². The van der Waals surface area contributed by atoms with E-state index in [9.17, 15) is 18.0 Å². The molecule has 124 valence electrons. The fourth-order valence-electron chi connectivity index (χ4n) is 1.93. The monoisotopic (exact) mass is 366 g/mol. The number of ether oxygens (including phenoxy) is 1. The maximum Gasteiger partial charge on any atom is 0.416 e. The molecule has 0 N–H and O–H groups in total. The van der Waals surface area contributed by atoms with Crippen molar-refractivity contribution in [3.63, 3.8) is 0 Å². The first-order valence-corrected chi connectivity index (χ1v) is 7.20. The quantitative estimate of drug-likeness (QED) is 0.740. The molecule has 0 saturated carbocycles. The minimum atomic E-state index is -4.57. The SMILES string of the molecule is CCOC(=O)c1cn(-c2c(Cl)cc(C(F)(F)F)cc2Cl)nc1C. The number of hydrogen-bond donors (Lipinski definition) is 0. The molecule has 0 aliphatic heterocycles. The molecule has 1 heterocycles. The minimum Gasteiger partial charge on any atom is -0.462 e. The van der Waals surface area contributed by atoms with Crippen LogP contribution in [-0.2, 0) is 10.9 Å². The molecular formula is C14H11Cl2F3N2O2. The highest BCUT2D eigenvalue weighted by Gasteiger charge is 2.32. The molecule has 0 radical (unpaired) electrons. The number of rotatable bonds is 3. The topological polar surface area (TPSA) is 44.1 Å². The summed E-state index contributed by atoms with van der Waals surface area (Å²) < 4.78 is 44.3. The Balaban J connectivity index is 2.51. The van der Waals surface area contributed by atoms with Crippen LogP contribution in [0.2, 0.25) is 10.0 Å². The van der Waals surface area contributed by atoms with Crippen molar-refractivity contribution in [3.05, 3.63) is 45.2 Å². The van der Waals surface area contributed by atoms with Gasteiger partial charge in [0.2, 0.25) is 0 Å². The highest BCUT2D eigenvalue weighted by Crippen LogP contribution is 2.37. The highest BCUT2D eigenvalue weighted by atomic mass is 35.5. The van der Waals surface area contributed by atoms with Crippen LogP contribution in [-0.4, -0.2) is 22.4 Å². The minimum absolute atomic E-state index is 0.0555. The Hall–Kier alpha value is -1.73. The molecule has 9 heteroatoms. The van der Waals surface area contributed by atoms with Gasteiger partial charge in [-0.25, -0.2) is 9.48 Å². The summed E-state index contributed by atoms with van der Waals surface area (Å²) in [4.78, 5) is 11.8. The van der Waals surface area contributed by atoms with Crippen LogP contribution in [0.4, 0.5) is 13.2 Å². The highest BCUT2D eigenvalue weighted by molar-refractivity contribution is 6.37. The van der Waals surface area contributed by atoms with Crippen LogP contribution in [0, 0.1) is 6.92 Å². The molecular weight excluding hydrogens is 356 g/mol. The van der Waals surface area contributed by atoms with Gasteiger partial charge in [-0.3, -0.25) is 0 Å². The second-order valence-corrected chi connectivity index (χ2v) is 5.39. The molecule has 0 spiro atoms. The van der Waals surface area contributed by atoms with Crippen LogP contribution < -0.4 is 0 Å². The second-order valence-electron chi connectivity index (χ2n) is 4.58. The van der Waals surface area contributed by atoms with E-state index < -0.39 is 17.7 Å². The first-order chi connectivity index (χ1) is 10.6. The number of carbonyl (C=O) groups is 1. The molecule has 0 aliphatic rings. The Labute approximate surface area is 139 Å². The van der Waals surface area contributed by atoms with Crippen LogP contribution in [0.15, 0.2) is 18.3 Å². The van der Waals surface area contributed by atoms with E-state index in [1.54, 1.807) is 13.8 Å². The Morgan fingerprint density at radius 2 is 1.87 bits per heavy atom. The number of carbonyl (C=O) groups excluding carboxylic acids is 1. The molecule has 1 aromatic carbocycles. The lowest BCUT2D eigenvalue weighted by atomic mass is 10.2. The van der Waals surface area contributed by atoms with Gasteiger partial charge in [-0.05, 0) is 26.0 Å². The first-order valence-electron chi connectivity index (χ1n) is 6.45. The number of aromatic nitrogens is 2. The van der Waals surface area contributed by atoms with Gasteiger partial charge in [0.15, 0.2) is 0 Å². The molecule has 0 atom stereocenters. The third kappa shape index (κ3) is 3.61. The molecule has 2 rings (SSSR count). The van der Waals surface area contributed by atoms with Crippen LogP contribution >= 0.6 is 23.2 Å². The summed E-state index contributed by atoms with van der Waals surface area (Å²) in [5, 5.41) is 3.60. The molecule has 0 fully saturated rings. The Bertz CT molecular complexity index is 734. The van der Waals surface area contributed by atoms with Gasteiger partial charge < -0.3 is 4.74 Å². The van der Waals surface area contributed by atoms with Gasteiger partial charge in [0.25, 0.3) is 0 Å². The lowest BCUT2D eigenvalue weighted by molar-refractivity contribution is -0.137. The lowest BCUT2D eigenvalue weighted by Gasteiger charge is -2.12. The van der Waals surface area contributed by atoms with Gasteiger partial charge in [-0.15, -0.1) is 0 Å². The summed E-state index contributed by atoms with van der Waals surface area (Å²) >= 11 is 11.8. The summed E-state index contributed by atoms with van der Waals surface area (Å²) in [6.45, 7) is 3.40. The number of esters is 1. The van der Waals surface area contributed by atoms with Gasteiger partial charge in [-0.1, -0.05) is 23.2 Å². The van der Waals surface area contributed by atoms with Crippen LogP contribution in [0.5, 0.6) is 0 Å². The average Bonchev–Trinajstić information content (AvgIpc) is 2.79. The zero-order valence-corrected chi connectivity index (χ0v) is 13.6. The van der Waals surface area contributed by atoms with E-state index >= 15 is 0 Å². The maximum absolute atomic E-state index is 12.7. The largest absolute Gasteiger partial charge is 0.462 e. The molecule has 0 unspecified atom stereocenters. The maximum atomic E-state index is 12.7. The van der Waals surface area contributed by atoms with E-state index in [1.165, 1.54) is 6.20 Å². The summed E-state index contributed by atoms with van der Waals surface area (Å²) in [5.41, 5.74) is -0.389. The first kappa shape index (κ1) is 17.6. The second kappa shape index (κ2) is 6.41. The average molecular weight is 367 g/mol. The van der Waals surface area contributed by atoms with Gasteiger partial charge in [0, 0.05) is 6.20 Å². The van der Waals surface area contributed by atoms with Crippen molar-refractivity contribution < 1.29 is 22.7 Å². The van der Waals surface area contributed by atoms with E-state index in [1.807, 2.05) is 0 Å². The molecule has 0 amide bonds. The zero-order valence-electron chi connectivity index (χ0n) is 12.0. The van der Waals surface area contributed by atoms with Crippen molar-refractivity contribution in [1.29, 1.82) is 0 Å². The molecule has 0 aliphatic carbocycles. The molecule has 4 nitrogen and oxygen atoms in total. The van der Waals surface area contributed by atoms with E-state index in [4.69, 9.17) is 27.9 Å². The third-order valence-electron chi connectivity index (χ3n) is 2.97. The Morgan fingerprint density at radius 3 is 2.35 bits per heavy atom. The third-order valence-corrected chi connectivity index (χ3v) is 3.54. The fraction of sp³-hybridized carbons (Fsp3) is 0.286. The zero-order chi connectivity index (χ0) is 17.4. The normalized spacial score (nSPS) is 11.6. The van der Waals surface area contributed by atoms with Gasteiger partial charge >= 0.3 is 12.1 Å². The van der Waals surface area contributed by atoms with Crippen LogP contribution in [0.3, 0.4) is 0 Å². The molecule has 23 heavy (non-hydrogen) atoms. The van der Waals surface area contributed by atoms with Crippen molar-refractivity contribution in [2.45, 2.75) is 20.0 Å². The van der Waals surface area contributed by atoms with E-state index in [0.29, 0.717) is 5.69 Å². The van der Waals surface area contributed by atoms with Gasteiger partial charge in [-0.2, -0.15) is 18.3 Å². The van der Waals surface area contributed by atoms with Crippen molar-refractivity contribution in [3.8, 4) is 5.69 Å². The number of aryl methyl sites for hydroxylation is 1. The Morgan fingerprint density at radius 1 is 1.30 bits per heavy atom. The molecule has 2 aromatic rings. The smallest absolute Gasteiger partial charge is 0.416 e. The van der Waals surface area contributed by atoms with Crippen LogP contribution in [0.1, 0.15) is 28.5 Å². The standard InChI is InChI=1S/C14H11Cl2F3N2O2/c1-3-23-13(22)9-6-21(20-7(9)2)12-10(15)4-8(5-11(12)16)14(17,18)19/h4-6H,3H2,1-2H3. The van der Waals surface area contributed by atoms with Crippen molar-refractivity contribution in [1.82, 2.24) is 9.78 Å². The number of hydrogen-bond acceptors (Lipinski definition) is 3. The number of halogens is 5. The number of nitrogens with zero attached hydrogens (tertiary/aromatic N) is 2. The van der Waals surface area contributed by atoms with Gasteiger partial charge in [0.05, 0.1) is 27.9 Å². The summed E-state index contributed by atoms with van der Waals surface area (Å²) in [6.07, 6.45) is -3.25. The predicted octanol–water partition coefficient (Wildman–Crippen LogP) is 4.68. The fourth-order valence-corrected chi connectivity index (χ4v) is 2.59. The summed E-state index contributed by atoms with van der Waals surface area (Å²) in [6, 6.07) is 1.51. The number of benzene rings is 1. The van der Waals surface area contributed by atoms with Crippen LogP contribution in [0.25, 0.3) is 5.69 Å². The predicted molar refractivity (Wildman–Crippen MR) is 79.3 cm³/mol. The summed E-state index contributed by atoms with van der Waals surface area (Å²) in [5.74, 6) is -0.588. The van der Waals surface area contributed by atoms with Crippen molar-refractivity contribution >= 4 is 29.2 Å². The number of alkyl halides is 3. The van der Waals surface area contributed by atoms with Gasteiger partial charge in [0.1, 0.15) is 11.3 Å².